The molecule has 0 spiro atoms. The van der Waals surface area contributed by atoms with Gasteiger partial charge in [-0.05, 0) is 67.2 Å². The van der Waals surface area contributed by atoms with Crippen molar-refractivity contribution >= 4 is 28.9 Å². The van der Waals surface area contributed by atoms with Crippen molar-refractivity contribution in [2.45, 2.75) is 50.5 Å². The van der Waals surface area contributed by atoms with Crippen molar-refractivity contribution < 1.29 is 34.8 Å². The molecule has 0 heterocycles. The molecule has 2 aromatic rings. The number of aromatic hydroxyl groups is 1. The molecule has 9 nitrogen and oxygen atoms in total. The van der Waals surface area contributed by atoms with E-state index >= 15 is 0 Å². The summed E-state index contributed by atoms with van der Waals surface area (Å²) in [6.45, 7) is 0. The van der Waals surface area contributed by atoms with Gasteiger partial charge in [0.25, 0.3) is 5.91 Å². The number of ketones is 2. The number of hydrogen-bond donors (Lipinski definition) is 5. The first-order chi connectivity index (χ1) is 19.0. The lowest BCUT2D eigenvalue weighted by molar-refractivity contribution is -0.147. The number of aliphatic hydroxyl groups is 3. The Kier molecular flexibility index (Phi) is 6.95. The van der Waals surface area contributed by atoms with E-state index in [1.165, 1.54) is 5.56 Å². The van der Waals surface area contributed by atoms with Gasteiger partial charge in [0.2, 0.25) is 5.78 Å². The summed E-state index contributed by atoms with van der Waals surface area (Å²) in [4.78, 5) is 40.0. The summed E-state index contributed by atoms with van der Waals surface area (Å²) in [5, 5.41) is 45.0. The fourth-order valence-electron chi connectivity index (χ4n) is 6.60. The Balaban J connectivity index is 1.54. The molecule has 0 unspecified atom stereocenters. The molecule has 3 atom stereocenters. The topological polar surface area (TPSA) is 161 Å². The number of nitrogens with zero attached hydrogens (tertiary/aromatic N) is 1. The van der Waals surface area contributed by atoms with E-state index in [4.69, 9.17) is 5.73 Å². The van der Waals surface area contributed by atoms with Crippen LogP contribution in [0, 0.1) is 11.8 Å². The van der Waals surface area contributed by atoms with Gasteiger partial charge < -0.3 is 31.1 Å². The van der Waals surface area contributed by atoms with E-state index < -0.39 is 52.0 Å². The quantitative estimate of drug-likeness (QED) is 0.262. The molecule has 0 radical (unpaired) electrons. The highest BCUT2D eigenvalue weighted by atomic mass is 16.3. The van der Waals surface area contributed by atoms with Gasteiger partial charge in [-0.2, -0.15) is 0 Å². The second-order valence-corrected chi connectivity index (χ2v) is 11.3. The van der Waals surface area contributed by atoms with E-state index in [0.29, 0.717) is 17.5 Å². The highest BCUT2D eigenvalue weighted by molar-refractivity contribution is 6.22. The zero-order chi connectivity index (χ0) is 28.9. The monoisotopic (exact) mass is 546 g/mol. The number of amides is 1. The van der Waals surface area contributed by atoms with Crippen molar-refractivity contribution in [3.05, 3.63) is 75.6 Å². The number of anilines is 1. The van der Waals surface area contributed by atoms with E-state index in [0.717, 1.165) is 24.9 Å². The third-order valence-corrected chi connectivity index (χ3v) is 8.61. The minimum Gasteiger partial charge on any atom is -0.508 e. The van der Waals surface area contributed by atoms with E-state index in [1.807, 2.05) is 43.3 Å². The van der Waals surface area contributed by atoms with Gasteiger partial charge >= 0.3 is 0 Å². The summed E-state index contributed by atoms with van der Waals surface area (Å²) < 4.78 is 0. The number of benzene rings is 2. The van der Waals surface area contributed by atoms with Crippen molar-refractivity contribution in [2.75, 3.05) is 19.0 Å². The van der Waals surface area contributed by atoms with Gasteiger partial charge in [-0.1, -0.05) is 30.3 Å². The molecule has 9 heteroatoms. The van der Waals surface area contributed by atoms with Crippen LogP contribution in [-0.4, -0.2) is 57.6 Å². The predicted molar refractivity (Wildman–Crippen MR) is 149 cm³/mol. The smallest absolute Gasteiger partial charge is 0.255 e. The van der Waals surface area contributed by atoms with Crippen molar-refractivity contribution in [2.24, 2.45) is 17.6 Å². The lowest BCUT2D eigenvalue weighted by atomic mass is 9.59. The van der Waals surface area contributed by atoms with Crippen LogP contribution in [0.2, 0.25) is 0 Å². The minimum absolute atomic E-state index is 0.109. The van der Waals surface area contributed by atoms with Gasteiger partial charge in [-0.15, -0.1) is 0 Å². The van der Waals surface area contributed by atoms with Crippen LogP contribution in [0.15, 0.2) is 53.3 Å². The molecule has 1 saturated carbocycles. The van der Waals surface area contributed by atoms with Crippen molar-refractivity contribution in [3.63, 3.8) is 0 Å². The first-order valence-corrected chi connectivity index (χ1v) is 13.5. The number of carbonyl (C=O) groups is 3. The second-order valence-electron chi connectivity index (χ2n) is 11.3. The molecule has 2 aromatic carbocycles. The molecule has 210 valence electrons. The van der Waals surface area contributed by atoms with Crippen LogP contribution < -0.4 is 10.6 Å². The Morgan fingerprint density at radius 1 is 1.05 bits per heavy atom. The van der Waals surface area contributed by atoms with Gasteiger partial charge in [0, 0.05) is 37.7 Å². The maximum absolute atomic E-state index is 13.8. The van der Waals surface area contributed by atoms with Gasteiger partial charge in [-0.3, -0.25) is 14.4 Å². The molecule has 40 heavy (non-hydrogen) atoms. The Labute approximate surface area is 232 Å². The molecule has 1 fully saturated rings. The average molecular weight is 547 g/mol. The van der Waals surface area contributed by atoms with Crippen LogP contribution in [0.3, 0.4) is 0 Å². The molecule has 6 N–H and O–H groups in total. The summed E-state index contributed by atoms with van der Waals surface area (Å²) in [7, 11) is 3.72. The van der Waals surface area contributed by atoms with Crippen LogP contribution in [-0.2, 0) is 33.6 Å². The zero-order valence-corrected chi connectivity index (χ0v) is 22.6. The number of fused-ring (bicyclic) bond motifs is 3. The third-order valence-electron chi connectivity index (χ3n) is 8.61. The summed E-state index contributed by atoms with van der Waals surface area (Å²) in [6, 6.07) is 12.0. The number of Topliss-reactive ketones (excluding diaryl/α,β-unsaturated/α-hetero) is 2. The molecule has 3 aliphatic carbocycles. The van der Waals surface area contributed by atoms with Crippen LogP contribution in [0.1, 0.15) is 47.9 Å². The standard InChI is InChI=1S/C31H34N2O7/c1-33(2)21-14-17(11-7-6-10-16-8-4-3-5-9-16)26(35)24-20(21)13-18-12-19-15-22(34)25(30(32)39)29(38)31(19,40)28(37)23(18)27(24)36/h3-5,8-9,14,18-19,35-36,38,40H,6-7,10-13,15H2,1-2H3,(H2,32,39)/t18-,19+,31+/m1/s1. The Morgan fingerprint density at radius 3 is 2.38 bits per heavy atom. The maximum atomic E-state index is 13.8. The molecule has 1 amide bonds. The fourth-order valence-corrected chi connectivity index (χ4v) is 6.60. The first-order valence-electron chi connectivity index (χ1n) is 13.5. The number of rotatable bonds is 7. The molecule has 0 bridgehead atoms. The highest BCUT2D eigenvalue weighted by Gasteiger charge is 2.60. The number of phenolic OH excluding ortho intramolecular Hbond substituents is 1. The Hall–Kier alpha value is -4.11. The number of unbranched alkanes of at least 4 members (excludes halogenated alkanes) is 1. The van der Waals surface area contributed by atoms with E-state index in [2.05, 4.69) is 12.1 Å². The largest absolute Gasteiger partial charge is 0.508 e. The van der Waals surface area contributed by atoms with Crippen LogP contribution in [0.25, 0.3) is 5.76 Å². The second kappa shape index (κ2) is 10.1. The van der Waals surface area contributed by atoms with Crippen LogP contribution in [0.4, 0.5) is 5.69 Å². The minimum atomic E-state index is -2.56. The fraction of sp³-hybridized carbons (Fsp3) is 0.387. The number of phenols is 1. The van der Waals surface area contributed by atoms with E-state index in [1.54, 1.807) is 0 Å². The molecule has 0 aromatic heterocycles. The molecule has 0 aliphatic heterocycles. The van der Waals surface area contributed by atoms with E-state index in [-0.39, 0.29) is 36.1 Å². The number of aliphatic hydroxyl groups excluding tert-OH is 2. The van der Waals surface area contributed by atoms with Gasteiger partial charge in [0.15, 0.2) is 11.4 Å². The lowest BCUT2D eigenvalue weighted by Crippen LogP contribution is -2.58. The highest BCUT2D eigenvalue weighted by Crippen LogP contribution is 2.53. The van der Waals surface area contributed by atoms with Gasteiger partial charge in [-0.25, -0.2) is 0 Å². The first kappa shape index (κ1) is 27.5. The average Bonchev–Trinajstić information content (AvgIpc) is 2.90. The lowest BCUT2D eigenvalue weighted by Gasteiger charge is -2.46. The summed E-state index contributed by atoms with van der Waals surface area (Å²) in [5.74, 6) is -6.15. The zero-order valence-electron chi connectivity index (χ0n) is 22.6. The number of nitrogens with two attached hydrogens (primary N) is 1. The van der Waals surface area contributed by atoms with Gasteiger partial charge in [0.05, 0.1) is 5.56 Å². The summed E-state index contributed by atoms with van der Waals surface area (Å²) in [6.07, 6.45) is 3.18. The number of carbonyl (C=O) groups excluding carboxylic acids is 3. The van der Waals surface area contributed by atoms with Crippen molar-refractivity contribution in [3.8, 4) is 5.75 Å². The predicted octanol–water partition coefficient (Wildman–Crippen LogP) is 3.06. The number of primary amides is 1. The van der Waals surface area contributed by atoms with Crippen molar-refractivity contribution in [1.82, 2.24) is 0 Å². The molecule has 0 saturated heterocycles. The Morgan fingerprint density at radius 2 is 1.73 bits per heavy atom. The summed E-state index contributed by atoms with van der Waals surface area (Å²) >= 11 is 0. The molecule has 5 rings (SSSR count). The number of aryl methyl sites for hydroxylation is 2. The Bertz CT molecular complexity index is 1470. The molecular formula is C31H34N2O7. The van der Waals surface area contributed by atoms with Crippen molar-refractivity contribution in [1.29, 1.82) is 0 Å². The third kappa shape index (κ3) is 4.25. The molecule has 3 aliphatic rings. The summed E-state index contributed by atoms with van der Waals surface area (Å²) in [5.41, 5.74) is 5.23. The normalized spacial score (nSPS) is 24.0. The molecular weight excluding hydrogens is 512 g/mol. The number of hydrogen-bond acceptors (Lipinski definition) is 8. The van der Waals surface area contributed by atoms with Gasteiger partial charge in [0.1, 0.15) is 22.8 Å². The van der Waals surface area contributed by atoms with Crippen LogP contribution >= 0.6 is 0 Å². The SMILES string of the molecule is CN(C)c1cc(CCCCc2ccccc2)c(O)c2c1C[C@H]1C[C@H]3CC(=O)C(C(N)=O)=C(O)[C@@]3(O)C(=O)C1=C2O. The van der Waals surface area contributed by atoms with Crippen LogP contribution in [0.5, 0.6) is 5.75 Å². The maximum Gasteiger partial charge on any atom is 0.255 e. The van der Waals surface area contributed by atoms with E-state index in [9.17, 15) is 34.8 Å².